The van der Waals surface area contributed by atoms with Gasteiger partial charge in [-0.3, -0.25) is 18.9 Å². The summed E-state index contributed by atoms with van der Waals surface area (Å²) in [6.07, 6.45) is 4.49. The SMILES string of the molecule is CCCCC(=O)NC1CCN(Cc2cc(=O)n3c(-c4ccccc4)csc3n2)CC1. The quantitative estimate of drug-likeness (QED) is 0.628. The lowest BCUT2D eigenvalue weighted by atomic mass is 10.0. The van der Waals surface area contributed by atoms with Gasteiger partial charge in [-0.05, 0) is 24.8 Å². The molecule has 1 saturated heterocycles. The third kappa shape index (κ3) is 4.79. The molecular formula is C23H28N4O2S. The van der Waals surface area contributed by atoms with Crippen molar-refractivity contribution in [3.05, 3.63) is 57.8 Å². The fourth-order valence-electron chi connectivity index (χ4n) is 3.96. The van der Waals surface area contributed by atoms with Crippen LogP contribution in [0.15, 0.2) is 46.6 Å². The maximum Gasteiger partial charge on any atom is 0.259 e. The maximum absolute atomic E-state index is 12.8. The zero-order chi connectivity index (χ0) is 20.9. The van der Waals surface area contributed by atoms with E-state index in [4.69, 9.17) is 4.98 Å². The van der Waals surface area contributed by atoms with Crippen molar-refractivity contribution in [2.45, 2.75) is 51.6 Å². The van der Waals surface area contributed by atoms with Crippen LogP contribution in [0.2, 0.25) is 0 Å². The Bertz CT molecular complexity index is 1050. The fraction of sp³-hybridized carbons (Fsp3) is 0.435. The molecule has 0 aliphatic carbocycles. The van der Waals surface area contributed by atoms with E-state index in [9.17, 15) is 9.59 Å². The van der Waals surface area contributed by atoms with Crippen LogP contribution in [0.4, 0.5) is 0 Å². The smallest absolute Gasteiger partial charge is 0.259 e. The van der Waals surface area contributed by atoms with Crippen molar-refractivity contribution in [3.8, 4) is 11.3 Å². The predicted molar refractivity (Wildman–Crippen MR) is 121 cm³/mol. The normalized spacial score (nSPS) is 15.5. The summed E-state index contributed by atoms with van der Waals surface area (Å²) in [5.41, 5.74) is 2.68. The van der Waals surface area contributed by atoms with E-state index in [2.05, 4.69) is 17.1 Å². The van der Waals surface area contributed by atoms with Crippen LogP contribution in [-0.4, -0.2) is 39.3 Å². The number of aromatic nitrogens is 2. The topological polar surface area (TPSA) is 66.7 Å². The van der Waals surface area contributed by atoms with Crippen molar-refractivity contribution in [1.82, 2.24) is 19.6 Å². The second kappa shape index (κ2) is 9.53. The van der Waals surface area contributed by atoms with Crippen LogP contribution in [0.3, 0.4) is 0 Å². The number of hydrogen-bond acceptors (Lipinski definition) is 5. The summed E-state index contributed by atoms with van der Waals surface area (Å²) in [4.78, 5) is 32.6. The number of piperidine rings is 1. The Labute approximate surface area is 180 Å². The number of carbonyl (C=O) groups excluding carboxylic acids is 1. The molecule has 1 N–H and O–H groups in total. The van der Waals surface area contributed by atoms with Crippen LogP contribution < -0.4 is 10.9 Å². The number of fused-ring (bicyclic) bond motifs is 1. The van der Waals surface area contributed by atoms with Gasteiger partial charge in [0.1, 0.15) is 0 Å². The first-order valence-corrected chi connectivity index (χ1v) is 11.6. The van der Waals surface area contributed by atoms with Gasteiger partial charge in [-0.1, -0.05) is 43.7 Å². The van der Waals surface area contributed by atoms with E-state index in [1.54, 1.807) is 10.5 Å². The minimum atomic E-state index is -0.0341. The van der Waals surface area contributed by atoms with Gasteiger partial charge in [-0.15, -0.1) is 11.3 Å². The highest BCUT2D eigenvalue weighted by molar-refractivity contribution is 7.15. The lowest BCUT2D eigenvalue weighted by molar-refractivity contribution is -0.122. The van der Waals surface area contributed by atoms with Crippen molar-refractivity contribution in [2.75, 3.05) is 13.1 Å². The Hall–Kier alpha value is -2.51. The van der Waals surface area contributed by atoms with Crippen LogP contribution in [-0.2, 0) is 11.3 Å². The van der Waals surface area contributed by atoms with Crippen molar-refractivity contribution in [2.24, 2.45) is 0 Å². The number of unbranched alkanes of at least 4 members (excludes halogenated alkanes) is 1. The van der Waals surface area contributed by atoms with Crippen molar-refractivity contribution in [3.63, 3.8) is 0 Å². The minimum Gasteiger partial charge on any atom is -0.353 e. The molecule has 3 heterocycles. The Balaban J connectivity index is 1.40. The summed E-state index contributed by atoms with van der Waals surface area (Å²) >= 11 is 1.50. The Morgan fingerprint density at radius 2 is 2.00 bits per heavy atom. The summed E-state index contributed by atoms with van der Waals surface area (Å²) in [5.74, 6) is 0.169. The van der Waals surface area contributed by atoms with Gasteiger partial charge in [-0.2, -0.15) is 0 Å². The molecule has 2 aromatic heterocycles. The van der Waals surface area contributed by atoms with Crippen molar-refractivity contribution in [1.29, 1.82) is 0 Å². The molecular weight excluding hydrogens is 396 g/mol. The number of thiazole rings is 1. The summed E-state index contributed by atoms with van der Waals surface area (Å²) < 4.78 is 1.70. The maximum atomic E-state index is 12.8. The predicted octanol–water partition coefficient (Wildman–Crippen LogP) is 3.69. The number of nitrogens with zero attached hydrogens (tertiary/aromatic N) is 3. The van der Waals surface area contributed by atoms with Gasteiger partial charge in [0.15, 0.2) is 4.96 Å². The molecule has 30 heavy (non-hydrogen) atoms. The van der Waals surface area contributed by atoms with Crippen LogP contribution in [0.25, 0.3) is 16.2 Å². The summed E-state index contributed by atoms with van der Waals surface area (Å²) in [5, 5.41) is 5.15. The van der Waals surface area contributed by atoms with E-state index < -0.39 is 0 Å². The molecule has 158 valence electrons. The molecule has 0 bridgehead atoms. The van der Waals surface area contributed by atoms with Crippen molar-refractivity contribution >= 4 is 22.2 Å². The van der Waals surface area contributed by atoms with Gasteiger partial charge >= 0.3 is 0 Å². The number of rotatable bonds is 7. The molecule has 0 unspecified atom stereocenters. The molecule has 6 nitrogen and oxygen atoms in total. The largest absolute Gasteiger partial charge is 0.353 e. The lowest BCUT2D eigenvalue weighted by Gasteiger charge is -2.32. The van der Waals surface area contributed by atoms with Crippen LogP contribution in [0.1, 0.15) is 44.7 Å². The molecule has 0 spiro atoms. The monoisotopic (exact) mass is 424 g/mol. The average molecular weight is 425 g/mol. The zero-order valence-electron chi connectivity index (χ0n) is 17.3. The summed E-state index contributed by atoms with van der Waals surface area (Å²) in [6, 6.07) is 11.8. The Morgan fingerprint density at radius 3 is 2.73 bits per heavy atom. The minimum absolute atomic E-state index is 0.0341. The van der Waals surface area contributed by atoms with Gasteiger partial charge < -0.3 is 5.32 Å². The first-order chi connectivity index (χ1) is 14.6. The average Bonchev–Trinajstić information content (AvgIpc) is 3.19. The van der Waals surface area contributed by atoms with Gasteiger partial charge in [0.05, 0.1) is 11.4 Å². The van der Waals surface area contributed by atoms with E-state index in [1.165, 1.54) is 11.3 Å². The van der Waals surface area contributed by atoms with Crippen LogP contribution >= 0.6 is 11.3 Å². The molecule has 0 radical (unpaired) electrons. The molecule has 0 atom stereocenters. The second-order valence-electron chi connectivity index (χ2n) is 7.91. The van der Waals surface area contributed by atoms with E-state index in [0.717, 1.165) is 60.7 Å². The van der Waals surface area contributed by atoms with E-state index in [-0.39, 0.29) is 17.5 Å². The molecule has 4 rings (SSSR count). The van der Waals surface area contributed by atoms with Gasteiger partial charge in [0.2, 0.25) is 5.91 Å². The highest BCUT2D eigenvalue weighted by Crippen LogP contribution is 2.24. The molecule has 0 saturated carbocycles. The lowest BCUT2D eigenvalue weighted by Crippen LogP contribution is -2.44. The van der Waals surface area contributed by atoms with Crippen molar-refractivity contribution < 1.29 is 4.79 Å². The first kappa shape index (κ1) is 20.8. The second-order valence-corrected chi connectivity index (χ2v) is 8.75. The number of benzene rings is 1. The van der Waals surface area contributed by atoms with Gasteiger partial charge in [0.25, 0.3) is 5.56 Å². The Morgan fingerprint density at radius 1 is 1.23 bits per heavy atom. The highest BCUT2D eigenvalue weighted by Gasteiger charge is 2.21. The summed E-state index contributed by atoms with van der Waals surface area (Å²) in [7, 11) is 0. The molecule has 1 aliphatic heterocycles. The number of hydrogen-bond donors (Lipinski definition) is 1. The van der Waals surface area contributed by atoms with Crippen LogP contribution in [0.5, 0.6) is 0 Å². The van der Waals surface area contributed by atoms with Gasteiger partial charge in [-0.25, -0.2) is 4.98 Å². The van der Waals surface area contributed by atoms with Crippen LogP contribution in [0, 0.1) is 0 Å². The van der Waals surface area contributed by atoms with E-state index >= 15 is 0 Å². The fourth-order valence-corrected chi connectivity index (χ4v) is 4.88. The third-order valence-electron chi connectivity index (χ3n) is 5.62. The Kier molecular flexibility index (Phi) is 6.59. The highest BCUT2D eigenvalue weighted by atomic mass is 32.1. The molecule has 7 heteroatoms. The number of likely N-dealkylation sites (tertiary alicyclic amines) is 1. The molecule has 1 fully saturated rings. The third-order valence-corrected chi connectivity index (χ3v) is 6.45. The number of amides is 1. The van der Waals surface area contributed by atoms with Gasteiger partial charge in [0, 0.05) is 43.5 Å². The number of carbonyl (C=O) groups is 1. The standard InChI is InChI=1S/C23H28N4O2S/c1-2-3-9-21(28)24-18-10-12-26(13-11-18)15-19-14-22(29)27-20(16-30-23(27)25-19)17-7-5-4-6-8-17/h4-8,14,16,18H,2-3,9-13,15H2,1H3,(H,24,28). The molecule has 1 amide bonds. The molecule has 1 aromatic carbocycles. The first-order valence-electron chi connectivity index (χ1n) is 10.7. The summed E-state index contributed by atoms with van der Waals surface area (Å²) in [6.45, 7) is 4.57. The molecule has 3 aromatic rings. The molecule has 1 aliphatic rings. The van der Waals surface area contributed by atoms with E-state index in [1.807, 2.05) is 35.7 Å². The van der Waals surface area contributed by atoms with E-state index in [0.29, 0.717) is 13.0 Å². The number of nitrogens with one attached hydrogen (secondary N) is 1. The zero-order valence-corrected chi connectivity index (χ0v) is 18.2.